The Morgan fingerprint density at radius 1 is 1.24 bits per heavy atom. The number of carbonyl (C=O) groups excluding carboxylic acids is 1. The fourth-order valence-electron chi connectivity index (χ4n) is 2.28. The summed E-state index contributed by atoms with van der Waals surface area (Å²) in [5, 5.41) is 10.6. The van der Waals surface area contributed by atoms with Crippen LogP contribution in [0.3, 0.4) is 0 Å². The quantitative estimate of drug-likeness (QED) is 0.743. The number of carbonyl (C=O) groups is 1. The van der Waals surface area contributed by atoms with Crippen LogP contribution in [0, 0.1) is 6.92 Å². The van der Waals surface area contributed by atoms with Crippen LogP contribution in [0.2, 0.25) is 0 Å². The SMILES string of the molecule is CCOc1cc(CNC(=O)c2cccc(-c3nnc(C)o3)c2)ccn1. The lowest BCUT2D eigenvalue weighted by Crippen LogP contribution is -2.22. The molecule has 3 rings (SSSR count). The van der Waals surface area contributed by atoms with E-state index >= 15 is 0 Å². The zero-order chi connectivity index (χ0) is 17.6. The van der Waals surface area contributed by atoms with Crippen molar-refractivity contribution in [2.45, 2.75) is 20.4 Å². The Morgan fingerprint density at radius 2 is 2.12 bits per heavy atom. The van der Waals surface area contributed by atoms with Crippen molar-refractivity contribution in [2.24, 2.45) is 0 Å². The lowest BCUT2D eigenvalue weighted by atomic mass is 10.1. The normalized spacial score (nSPS) is 10.5. The molecule has 2 aromatic heterocycles. The molecule has 0 bridgehead atoms. The molecule has 25 heavy (non-hydrogen) atoms. The monoisotopic (exact) mass is 338 g/mol. The minimum Gasteiger partial charge on any atom is -0.478 e. The van der Waals surface area contributed by atoms with E-state index in [1.54, 1.807) is 37.4 Å². The second-order valence-corrected chi connectivity index (χ2v) is 5.33. The third-order valence-corrected chi connectivity index (χ3v) is 3.44. The summed E-state index contributed by atoms with van der Waals surface area (Å²) in [4.78, 5) is 16.5. The summed E-state index contributed by atoms with van der Waals surface area (Å²) < 4.78 is 10.8. The number of aromatic nitrogens is 3. The Balaban J connectivity index is 1.68. The lowest BCUT2D eigenvalue weighted by molar-refractivity contribution is 0.0951. The molecule has 0 fully saturated rings. The molecule has 0 atom stereocenters. The zero-order valence-electron chi connectivity index (χ0n) is 14.0. The highest BCUT2D eigenvalue weighted by atomic mass is 16.5. The van der Waals surface area contributed by atoms with Crippen molar-refractivity contribution in [3.8, 4) is 17.3 Å². The number of benzene rings is 1. The summed E-state index contributed by atoms with van der Waals surface area (Å²) in [6, 6.07) is 10.7. The van der Waals surface area contributed by atoms with E-state index in [1.165, 1.54) is 0 Å². The molecule has 1 amide bonds. The summed E-state index contributed by atoms with van der Waals surface area (Å²) in [5.41, 5.74) is 2.14. The number of hydrogen-bond donors (Lipinski definition) is 1. The Bertz CT molecular complexity index is 876. The first-order valence-corrected chi connectivity index (χ1v) is 7.92. The largest absolute Gasteiger partial charge is 0.478 e. The van der Waals surface area contributed by atoms with Crippen LogP contribution in [0.4, 0.5) is 0 Å². The number of amides is 1. The maximum Gasteiger partial charge on any atom is 0.251 e. The van der Waals surface area contributed by atoms with Crippen LogP contribution < -0.4 is 10.1 Å². The van der Waals surface area contributed by atoms with Crippen molar-refractivity contribution >= 4 is 5.91 Å². The molecule has 0 aliphatic heterocycles. The standard InChI is InChI=1S/C18H18N4O3/c1-3-24-16-9-13(7-8-19-16)11-20-17(23)14-5-4-6-15(10-14)18-22-21-12(2)25-18/h4-10H,3,11H2,1-2H3,(H,20,23). The van der Waals surface area contributed by atoms with Gasteiger partial charge >= 0.3 is 0 Å². The van der Waals surface area contributed by atoms with E-state index in [4.69, 9.17) is 9.15 Å². The highest BCUT2D eigenvalue weighted by Crippen LogP contribution is 2.19. The van der Waals surface area contributed by atoms with Crippen LogP contribution in [-0.2, 0) is 6.54 Å². The van der Waals surface area contributed by atoms with Gasteiger partial charge in [0, 0.05) is 36.9 Å². The number of rotatable bonds is 6. The Kier molecular flexibility index (Phi) is 5.03. The van der Waals surface area contributed by atoms with E-state index in [0.29, 0.717) is 41.9 Å². The summed E-state index contributed by atoms with van der Waals surface area (Å²) in [5.74, 6) is 1.23. The maximum absolute atomic E-state index is 12.4. The van der Waals surface area contributed by atoms with Crippen LogP contribution in [-0.4, -0.2) is 27.7 Å². The summed E-state index contributed by atoms with van der Waals surface area (Å²) in [6.45, 7) is 4.54. The third-order valence-electron chi connectivity index (χ3n) is 3.44. The van der Waals surface area contributed by atoms with Gasteiger partial charge in [0.05, 0.1) is 6.61 Å². The van der Waals surface area contributed by atoms with E-state index < -0.39 is 0 Å². The second-order valence-electron chi connectivity index (χ2n) is 5.33. The predicted molar refractivity (Wildman–Crippen MR) is 91.0 cm³/mol. The molecule has 0 spiro atoms. The van der Waals surface area contributed by atoms with E-state index in [1.807, 2.05) is 19.1 Å². The topological polar surface area (TPSA) is 90.1 Å². The highest BCUT2D eigenvalue weighted by Gasteiger charge is 2.10. The molecule has 0 aliphatic carbocycles. The summed E-state index contributed by atoms with van der Waals surface area (Å²) >= 11 is 0. The van der Waals surface area contributed by atoms with Gasteiger partial charge in [0.25, 0.3) is 5.91 Å². The fraction of sp³-hybridized carbons (Fsp3) is 0.222. The van der Waals surface area contributed by atoms with Crippen molar-refractivity contribution in [2.75, 3.05) is 6.61 Å². The average Bonchev–Trinajstić information content (AvgIpc) is 3.07. The lowest BCUT2D eigenvalue weighted by Gasteiger charge is -2.08. The van der Waals surface area contributed by atoms with Crippen molar-refractivity contribution in [3.05, 3.63) is 59.6 Å². The molecule has 0 radical (unpaired) electrons. The van der Waals surface area contributed by atoms with Gasteiger partial charge in [-0.2, -0.15) is 0 Å². The molecule has 1 aromatic carbocycles. The molecular formula is C18H18N4O3. The van der Waals surface area contributed by atoms with Crippen LogP contribution in [0.25, 0.3) is 11.5 Å². The molecule has 0 saturated heterocycles. The molecule has 2 heterocycles. The maximum atomic E-state index is 12.4. The molecule has 7 heteroatoms. The van der Waals surface area contributed by atoms with Crippen molar-refractivity contribution in [1.82, 2.24) is 20.5 Å². The number of ether oxygens (including phenoxy) is 1. The first kappa shape index (κ1) is 16.6. The van der Waals surface area contributed by atoms with Crippen molar-refractivity contribution in [3.63, 3.8) is 0 Å². The number of hydrogen-bond acceptors (Lipinski definition) is 6. The van der Waals surface area contributed by atoms with Gasteiger partial charge in [0.15, 0.2) is 0 Å². The van der Waals surface area contributed by atoms with Crippen molar-refractivity contribution in [1.29, 1.82) is 0 Å². The molecule has 0 saturated carbocycles. The van der Waals surface area contributed by atoms with Gasteiger partial charge in [-0.05, 0) is 36.8 Å². The van der Waals surface area contributed by atoms with Crippen LogP contribution >= 0.6 is 0 Å². The molecule has 0 unspecified atom stereocenters. The van der Waals surface area contributed by atoms with Crippen LogP contribution in [0.1, 0.15) is 28.7 Å². The molecular weight excluding hydrogens is 320 g/mol. The molecule has 3 aromatic rings. The number of nitrogens with one attached hydrogen (secondary N) is 1. The van der Waals surface area contributed by atoms with Gasteiger partial charge in [-0.1, -0.05) is 6.07 Å². The minimum absolute atomic E-state index is 0.187. The predicted octanol–water partition coefficient (Wildman–Crippen LogP) is 2.77. The van der Waals surface area contributed by atoms with Gasteiger partial charge in [-0.3, -0.25) is 4.79 Å². The Hall–Kier alpha value is -3.22. The Morgan fingerprint density at radius 3 is 2.88 bits per heavy atom. The van der Waals surface area contributed by atoms with E-state index in [-0.39, 0.29) is 5.91 Å². The molecule has 1 N–H and O–H groups in total. The smallest absolute Gasteiger partial charge is 0.251 e. The minimum atomic E-state index is -0.187. The molecule has 0 aliphatic rings. The fourth-order valence-corrected chi connectivity index (χ4v) is 2.28. The first-order chi connectivity index (χ1) is 12.2. The number of aryl methyl sites for hydroxylation is 1. The number of nitrogens with zero attached hydrogens (tertiary/aromatic N) is 3. The van der Waals surface area contributed by atoms with Gasteiger partial charge in [0.2, 0.25) is 17.7 Å². The summed E-state index contributed by atoms with van der Waals surface area (Å²) in [7, 11) is 0. The third kappa shape index (κ3) is 4.20. The highest BCUT2D eigenvalue weighted by molar-refractivity contribution is 5.95. The first-order valence-electron chi connectivity index (χ1n) is 7.92. The van der Waals surface area contributed by atoms with Crippen LogP contribution in [0.15, 0.2) is 47.0 Å². The van der Waals surface area contributed by atoms with Gasteiger partial charge in [0.1, 0.15) is 0 Å². The van der Waals surface area contributed by atoms with Gasteiger partial charge < -0.3 is 14.5 Å². The number of pyridine rings is 1. The van der Waals surface area contributed by atoms with Gasteiger partial charge in [-0.15, -0.1) is 10.2 Å². The molecule has 7 nitrogen and oxygen atoms in total. The van der Waals surface area contributed by atoms with E-state index in [0.717, 1.165) is 5.56 Å². The second kappa shape index (κ2) is 7.57. The van der Waals surface area contributed by atoms with E-state index in [9.17, 15) is 4.79 Å². The van der Waals surface area contributed by atoms with Crippen molar-refractivity contribution < 1.29 is 13.9 Å². The van der Waals surface area contributed by atoms with E-state index in [2.05, 4.69) is 20.5 Å². The van der Waals surface area contributed by atoms with Crippen LogP contribution in [0.5, 0.6) is 5.88 Å². The zero-order valence-corrected chi connectivity index (χ0v) is 14.0. The summed E-state index contributed by atoms with van der Waals surface area (Å²) in [6.07, 6.45) is 1.66. The average molecular weight is 338 g/mol. The van der Waals surface area contributed by atoms with Gasteiger partial charge in [-0.25, -0.2) is 4.98 Å². The molecule has 128 valence electrons. The Labute approximate surface area is 145 Å².